The number of nitrogens with one attached hydrogen (secondary N) is 2. The predicted octanol–water partition coefficient (Wildman–Crippen LogP) is 2.65. The van der Waals surface area contributed by atoms with E-state index in [2.05, 4.69) is 15.6 Å². The molecule has 2 aromatic rings. The Labute approximate surface area is 153 Å². The Morgan fingerprint density at radius 1 is 1.27 bits per heavy atom. The van der Waals surface area contributed by atoms with Crippen molar-refractivity contribution in [2.24, 2.45) is 0 Å². The van der Waals surface area contributed by atoms with Gasteiger partial charge in [0.25, 0.3) is 5.91 Å². The molecule has 2 heterocycles. The number of hydrogen-bond acceptors (Lipinski definition) is 5. The van der Waals surface area contributed by atoms with Crippen molar-refractivity contribution in [3.63, 3.8) is 0 Å². The number of carbonyl (C=O) groups is 1. The SMILES string of the molecule is COc1ccc(CCNC(=O)c2ccc(NCC3CCCO3)nc2)cc1. The smallest absolute Gasteiger partial charge is 0.252 e. The molecule has 0 radical (unpaired) electrons. The van der Waals surface area contributed by atoms with Gasteiger partial charge in [-0.1, -0.05) is 12.1 Å². The maximum absolute atomic E-state index is 12.2. The fraction of sp³-hybridized carbons (Fsp3) is 0.400. The second-order valence-electron chi connectivity index (χ2n) is 6.30. The van der Waals surface area contributed by atoms with E-state index in [1.165, 1.54) is 0 Å². The summed E-state index contributed by atoms with van der Waals surface area (Å²) in [5, 5.41) is 6.17. The first-order valence-electron chi connectivity index (χ1n) is 8.97. The van der Waals surface area contributed by atoms with Crippen LogP contribution in [0.1, 0.15) is 28.8 Å². The topological polar surface area (TPSA) is 72.5 Å². The van der Waals surface area contributed by atoms with E-state index >= 15 is 0 Å². The Balaban J connectivity index is 1.42. The van der Waals surface area contributed by atoms with Crippen LogP contribution in [0.5, 0.6) is 5.75 Å². The number of aromatic nitrogens is 1. The normalized spacial score (nSPS) is 16.3. The molecule has 0 spiro atoms. The quantitative estimate of drug-likeness (QED) is 0.762. The predicted molar refractivity (Wildman–Crippen MR) is 101 cm³/mol. The number of amides is 1. The lowest BCUT2D eigenvalue weighted by molar-refractivity contribution is 0.0953. The third kappa shape index (κ3) is 5.20. The van der Waals surface area contributed by atoms with Gasteiger partial charge < -0.3 is 20.1 Å². The molecule has 1 aromatic heterocycles. The van der Waals surface area contributed by atoms with Crippen LogP contribution >= 0.6 is 0 Å². The van der Waals surface area contributed by atoms with Gasteiger partial charge in [-0.3, -0.25) is 4.79 Å². The number of methoxy groups -OCH3 is 1. The van der Waals surface area contributed by atoms with Crippen molar-refractivity contribution >= 4 is 11.7 Å². The number of pyridine rings is 1. The third-order valence-corrected chi connectivity index (χ3v) is 4.42. The highest BCUT2D eigenvalue weighted by molar-refractivity contribution is 5.94. The van der Waals surface area contributed by atoms with E-state index < -0.39 is 0 Å². The molecule has 1 aromatic carbocycles. The third-order valence-electron chi connectivity index (χ3n) is 4.42. The molecule has 6 nitrogen and oxygen atoms in total. The highest BCUT2D eigenvalue weighted by Gasteiger charge is 2.15. The van der Waals surface area contributed by atoms with Crippen molar-refractivity contribution in [3.05, 3.63) is 53.7 Å². The highest BCUT2D eigenvalue weighted by atomic mass is 16.5. The van der Waals surface area contributed by atoms with E-state index in [0.29, 0.717) is 12.1 Å². The van der Waals surface area contributed by atoms with Crippen molar-refractivity contribution in [2.75, 3.05) is 32.1 Å². The van der Waals surface area contributed by atoms with Gasteiger partial charge in [0, 0.05) is 25.9 Å². The van der Waals surface area contributed by atoms with Gasteiger partial charge >= 0.3 is 0 Å². The molecular weight excluding hydrogens is 330 g/mol. The van der Waals surface area contributed by atoms with Crippen LogP contribution in [0.4, 0.5) is 5.82 Å². The van der Waals surface area contributed by atoms with E-state index in [4.69, 9.17) is 9.47 Å². The summed E-state index contributed by atoms with van der Waals surface area (Å²) in [5.74, 6) is 1.48. The summed E-state index contributed by atoms with van der Waals surface area (Å²) in [6.45, 7) is 2.17. The molecule has 3 rings (SSSR count). The lowest BCUT2D eigenvalue weighted by Crippen LogP contribution is -2.26. The lowest BCUT2D eigenvalue weighted by atomic mass is 10.1. The molecule has 6 heteroatoms. The Hall–Kier alpha value is -2.60. The second-order valence-corrected chi connectivity index (χ2v) is 6.30. The van der Waals surface area contributed by atoms with Crippen LogP contribution in [0.15, 0.2) is 42.6 Å². The fourth-order valence-electron chi connectivity index (χ4n) is 2.87. The van der Waals surface area contributed by atoms with E-state index in [9.17, 15) is 4.79 Å². The lowest BCUT2D eigenvalue weighted by Gasteiger charge is -2.11. The highest BCUT2D eigenvalue weighted by Crippen LogP contribution is 2.13. The number of nitrogens with zero attached hydrogens (tertiary/aromatic N) is 1. The summed E-state index contributed by atoms with van der Waals surface area (Å²) in [4.78, 5) is 16.5. The number of carbonyl (C=O) groups excluding carboxylic acids is 1. The van der Waals surface area contributed by atoms with Gasteiger partial charge in [0.1, 0.15) is 11.6 Å². The van der Waals surface area contributed by atoms with Gasteiger partial charge in [0.05, 0.1) is 18.8 Å². The summed E-state index contributed by atoms with van der Waals surface area (Å²) < 4.78 is 10.7. The second kappa shape index (κ2) is 9.20. The zero-order chi connectivity index (χ0) is 18.2. The minimum absolute atomic E-state index is 0.114. The maximum atomic E-state index is 12.2. The van der Waals surface area contributed by atoms with Crippen molar-refractivity contribution in [3.8, 4) is 5.75 Å². The van der Waals surface area contributed by atoms with Gasteiger partial charge in [-0.05, 0) is 49.1 Å². The molecule has 0 aliphatic carbocycles. The minimum Gasteiger partial charge on any atom is -0.497 e. The van der Waals surface area contributed by atoms with Crippen molar-refractivity contribution < 1.29 is 14.3 Å². The zero-order valence-corrected chi connectivity index (χ0v) is 15.0. The standard InChI is InChI=1S/C20H25N3O3/c1-25-17-7-4-15(5-8-17)10-11-21-20(24)16-6-9-19(22-13-16)23-14-18-3-2-12-26-18/h4-9,13,18H,2-3,10-12,14H2,1H3,(H,21,24)(H,22,23). The van der Waals surface area contributed by atoms with E-state index in [0.717, 1.165) is 49.5 Å². The van der Waals surface area contributed by atoms with Crippen molar-refractivity contribution in [1.29, 1.82) is 0 Å². The van der Waals surface area contributed by atoms with Crippen molar-refractivity contribution in [1.82, 2.24) is 10.3 Å². The van der Waals surface area contributed by atoms with Crippen LogP contribution in [0, 0.1) is 0 Å². The van der Waals surface area contributed by atoms with Crippen LogP contribution in [0.2, 0.25) is 0 Å². The molecule has 0 saturated carbocycles. The van der Waals surface area contributed by atoms with Gasteiger partial charge in [-0.15, -0.1) is 0 Å². The van der Waals surface area contributed by atoms with Crippen LogP contribution in [0.3, 0.4) is 0 Å². The Kier molecular flexibility index (Phi) is 6.44. The Bertz CT molecular complexity index is 695. The van der Waals surface area contributed by atoms with Crippen LogP contribution in [0.25, 0.3) is 0 Å². The molecule has 138 valence electrons. The summed E-state index contributed by atoms with van der Waals surface area (Å²) in [7, 11) is 1.65. The van der Waals surface area contributed by atoms with E-state index in [-0.39, 0.29) is 12.0 Å². The summed E-state index contributed by atoms with van der Waals surface area (Å²) in [6.07, 6.45) is 4.83. The molecule has 26 heavy (non-hydrogen) atoms. The zero-order valence-electron chi connectivity index (χ0n) is 15.0. The summed E-state index contributed by atoms with van der Waals surface area (Å²) in [5.41, 5.74) is 1.71. The molecule has 1 atom stereocenters. The number of rotatable bonds is 8. The number of benzene rings is 1. The molecule has 1 aliphatic rings. The average Bonchev–Trinajstić information content (AvgIpc) is 3.21. The Morgan fingerprint density at radius 2 is 2.12 bits per heavy atom. The minimum atomic E-state index is -0.114. The molecule has 0 bridgehead atoms. The first kappa shape index (κ1) is 18.2. The van der Waals surface area contributed by atoms with Gasteiger partial charge in [-0.2, -0.15) is 0 Å². The summed E-state index contributed by atoms with van der Waals surface area (Å²) >= 11 is 0. The summed E-state index contributed by atoms with van der Waals surface area (Å²) in [6, 6.07) is 11.5. The Morgan fingerprint density at radius 3 is 2.77 bits per heavy atom. The first-order valence-corrected chi connectivity index (χ1v) is 8.97. The number of anilines is 1. The van der Waals surface area contributed by atoms with Crippen LogP contribution in [-0.4, -0.2) is 43.8 Å². The average molecular weight is 355 g/mol. The van der Waals surface area contributed by atoms with Crippen LogP contribution < -0.4 is 15.4 Å². The van der Waals surface area contributed by atoms with Crippen LogP contribution in [-0.2, 0) is 11.2 Å². The van der Waals surface area contributed by atoms with E-state index in [1.807, 2.05) is 30.3 Å². The number of ether oxygens (including phenoxy) is 2. The van der Waals surface area contributed by atoms with Gasteiger partial charge in [-0.25, -0.2) is 4.98 Å². The fourth-order valence-corrected chi connectivity index (χ4v) is 2.87. The molecule has 2 N–H and O–H groups in total. The first-order chi connectivity index (χ1) is 12.7. The molecule has 1 unspecified atom stereocenters. The largest absolute Gasteiger partial charge is 0.497 e. The molecular formula is C20H25N3O3. The monoisotopic (exact) mass is 355 g/mol. The number of hydrogen-bond donors (Lipinski definition) is 2. The molecule has 1 aliphatic heterocycles. The molecule has 1 amide bonds. The van der Waals surface area contributed by atoms with Gasteiger partial charge in [0.15, 0.2) is 0 Å². The maximum Gasteiger partial charge on any atom is 0.252 e. The molecule has 1 fully saturated rings. The van der Waals surface area contributed by atoms with E-state index in [1.54, 1.807) is 19.4 Å². The van der Waals surface area contributed by atoms with Crippen molar-refractivity contribution in [2.45, 2.75) is 25.4 Å². The van der Waals surface area contributed by atoms with Gasteiger partial charge in [0.2, 0.25) is 0 Å². The molecule has 1 saturated heterocycles.